The van der Waals surface area contributed by atoms with Gasteiger partial charge in [-0.3, -0.25) is 10.1 Å². The predicted molar refractivity (Wildman–Crippen MR) is 49.8 cm³/mol. The molecule has 0 unspecified atom stereocenters. The molecule has 72 valence electrons. The number of hydrogen-bond donors (Lipinski definition) is 2. The molecule has 2 heterocycles. The Morgan fingerprint density at radius 1 is 1.57 bits per heavy atom. The van der Waals surface area contributed by atoms with Gasteiger partial charge in [0, 0.05) is 11.5 Å². The lowest BCUT2D eigenvalue weighted by molar-refractivity contribution is -0.380. The summed E-state index contributed by atoms with van der Waals surface area (Å²) in [6.07, 6.45) is 0. The van der Waals surface area contributed by atoms with E-state index in [1.54, 1.807) is 0 Å². The van der Waals surface area contributed by atoms with Gasteiger partial charge in [0.05, 0.1) is 4.92 Å². The first kappa shape index (κ1) is 8.70. The van der Waals surface area contributed by atoms with Crippen LogP contribution in [0.4, 0.5) is 5.00 Å². The van der Waals surface area contributed by atoms with E-state index in [1.807, 2.05) is 0 Å². The molecule has 0 aliphatic carbocycles. The molecule has 0 bridgehead atoms. The van der Waals surface area contributed by atoms with Crippen LogP contribution in [-0.4, -0.2) is 21.0 Å². The molecule has 0 atom stereocenters. The molecule has 0 aliphatic rings. The van der Waals surface area contributed by atoms with E-state index in [4.69, 9.17) is 5.11 Å². The maximum Gasteiger partial charge on any atom is 0.352 e. The number of fused-ring (bicyclic) bond motifs is 1. The van der Waals surface area contributed by atoms with Crippen molar-refractivity contribution in [2.75, 3.05) is 0 Å². The van der Waals surface area contributed by atoms with E-state index >= 15 is 0 Å². The number of nitrogens with zero attached hydrogens (tertiary/aromatic N) is 1. The summed E-state index contributed by atoms with van der Waals surface area (Å²) in [5, 5.41) is 19.6. The highest BCUT2D eigenvalue weighted by atomic mass is 32.1. The lowest BCUT2D eigenvalue weighted by Crippen LogP contribution is -1.94. The van der Waals surface area contributed by atoms with Crippen LogP contribution in [-0.2, 0) is 0 Å². The Labute approximate surface area is 80.9 Å². The average molecular weight is 212 g/mol. The minimum absolute atomic E-state index is 0.00295. The second kappa shape index (κ2) is 2.81. The van der Waals surface area contributed by atoms with Crippen molar-refractivity contribution in [3.8, 4) is 0 Å². The van der Waals surface area contributed by atoms with Crippen LogP contribution in [0.2, 0.25) is 0 Å². The maximum atomic E-state index is 10.5. The highest BCUT2D eigenvalue weighted by Gasteiger charge is 2.15. The van der Waals surface area contributed by atoms with Gasteiger partial charge in [-0.15, -0.1) is 0 Å². The smallest absolute Gasteiger partial charge is 0.352 e. The summed E-state index contributed by atoms with van der Waals surface area (Å²) in [5.41, 5.74) is 0.0427. The number of aromatic carboxylic acids is 1. The molecule has 2 aromatic heterocycles. The number of thiophene rings is 1. The van der Waals surface area contributed by atoms with E-state index in [0.29, 0.717) is 10.2 Å². The Balaban J connectivity index is 2.56. The maximum absolute atomic E-state index is 10.5. The van der Waals surface area contributed by atoms with E-state index in [2.05, 4.69) is 4.98 Å². The highest BCUT2D eigenvalue weighted by molar-refractivity contribution is 7.21. The van der Waals surface area contributed by atoms with E-state index in [1.165, 1.54) is 12.1 Å². The molecule has 0 saturated carbocycles. The summed E-state index contributed by atoms with van der Waals surface area (Å²) >= 11 is 0.926. The standard InChI is InChI=1S/C7H4N2O4S/c10-7(11)4-1-3-2-5(9(12)13)14-6(3)8-4/h1-2,8H,(H,10,11). The monoisotopic (exact) mass is 212 g/mol. The quantitative estimate of drug-likeness (QED) is 0.586. The van der Waals surface area contributed by atoms with Crippen molar-refractivity contribution in [2.24, 2.45) is 0 Å². The highest BCUT2D eigenvalue weighted by Crippen LogP contribution is 2.31. The Morgan fingerprint density at radius 3 is 2.79 bits per heavy atom. The third kappa shape index (κ3) is 1.23. The molecule has 0 fully saturated rings. The van der Waals surface area contributed by atoms with Crippen molar-refractivity contribution >= 4 is 32.5 Å². The Bertz CT molecular complexity index is 452. The van der Waals surface area contributed by atoms with Crippen molar-refractivity contribution in [1.82, 2.24) is 4.98 Å². The summed E-state index contributed by atoms with van der Waals surface area (Å²) < 4.78 is 0. The van der Waals surface area contributed by atoms with E-state index in [0.717, 1.165) is 11.3 Å². The topological polar surface area (TPSA) is 96.2 Å². The van der Waals surface area contributed by atoms with Crippen LogP contribution < -0.4 is 0 Å². The number of carbonyl (C=O) groups is 1. The molecular weight excluding hydrogens is 208 g/mol. The molecule has 0 radical (unpaired) electrons. The number of hydrogen-bond acceptors (Lipinski definition) is 4. The van der Waals surface area contributed by atoms with Gasteiger partial charge in [-0.1, -0.05) is 0 Å². The van der Waals surface area contributed by atoms with Gasteiger partial charge in [0.2, 0.25) is 0 Å². The molecule has 14 heavy (non-hydrogen) atoms. The SMILES string of the molecule is O=C(O)c1cc2cc([N+](=O)[O-])sc2[nH]1. The third-order valence-electron chi connectivity index (χ3n) is 1.71. The van der Waals surface area contributed by atoms with E-state index in [-0.39, 0.29) is 10.7 Å². The molecule has 2 rings (SSSR count). The van der Waals surface area contributed by atoms with E-state index in [9.17, 15) is 14.9 Å². The van der Waals surface area contributed by atoms with Crippen LogP contribution in [0, 0.1) is 10.1 Å². The molecule has 2 aromatic rings. The number of aromatic amines is 1. The number of aromatic nitrogens is 1. The van der Waals surface area contributed by atoms with Crippen LogP contribution in [0.25, 0.3) is 10.2 Å². The summed E-state index contributed by atoms with van der Waals surface area (Å²) in [4.78, 5) is 23.5. The third-order valence-corrected chi connectivity index (χ3v) is 2.72. The van der Waals surface area contributed by atoms with Crippen LogP contribution in [0.1, 0.15) is 10.5 Å². The first-order valence-electron chi connectivity index (χ1n) is 3.58. The van der Waals surface area contributed by atoms with Crippen molar-refractivity contribution in [3.05, 3.63) is 27.9 Å². The molecule has 0 aromatic carbocycles. The Morgan fingerprint density at radius 2 is 2.29 bits per heavy atom. The minimum Gasteiger partial charge on any atom is -0.477 e. The fourth-order valence-corrected chi connectivity index (χ4v) is 1.98. The molecule has 0 spiro atoms. The van der Waals surface area contributed by atoms with Gasteiger partial charge in [0.15, 0.2) is 0 Å². The predicted octanol–water partition coefficient (Wildman–Crippen LogP) is 1.84. The second-order valence-electron chi connectivity index (χ2n) is 2.61. The second-order valence-corrected chi connectivity index (χ2v) is 3.65. The summed E-state index contributed by atoms with van der Waals surface area (Å²) in [5.74, 6) is -1.07. The summed E-state index contributed by atoms with van der Waals surface area (Å²) in [6, 6.07) is 2.73. The molecule has 7 heteroatoms. The zero-order valence-corrected chi connectivity index (χ0v) is 7.50. The number of rotatable bonds is 2. The fraction of sp³-hybridized carbons (Fsp3) is 0. The van der Waals surface area contributed by atoms with Crippen LogP contribution >= 0.6 is 11.3 Å². The van der Waals surface area contributed by atoms with Gasteiger partial charge in [-0.25, -0.2) is 4.79 Å². The lowest BCUT2D eigenvalue weighted by Gasteiger charge is -1.84. The first-order chi connectivity index (χ1) is 6.58. The fourth-order valence-electron chi connectivity index (χ4n) is 1.12. The first-order valence-corrected chi connectivity index (χ1v) is 4.40. The molecular formula is C7H4N2O4S. The number of carboxylic acid groups (broad SMARTS) is 1. The van der Waals surface area contributed by atoms with Crippen LogP contribution in [0.5, 0.6) is 0 Å². The molecule has 6 nitrogen and oxygen atoms in total. The van der Waals surface area contributed by atoms with Gasteiger partial charge >= 0.3 is 11.0 Å². The number of carboxylic acids is 1. The zero-order valence-electron chi connectivity index (χ0n) is 6.68. The molecule has 2 N–H and O–H groups in total. The average Bonchev–Trinajstić information content (AvgIpc) is 2.57. The Hall–Kier alpha value is -1.89. The van der Waals surface area contributed by atoms with Crippen molar-refractivity contribution in [1.29, 1.82) is 0 Å². The number of H-pyrrole nitrogens is 1. The molecule has 0 saturated heterocycles. The molecule has 0 aliphatic heterocycles. The largest absolute Gasteiger partial charge is 0.477 e. The normalized spacial score (nSPS) is 10.6. The number of nitro groups is 1. The minimum atomic E-state index is -1.07. The number of nitrogens with one attached hydrogen (secondary N) is 1. The van der Waals surface area contributed by atoms with Crippen molar-refractivity contribution in [2.45, 2.75) is 0 Å². The Kier molecular flexibility index (Phi) is 1.74. The van der Waals surface area contributed by atoms with Crippen LogP contribution in [0.15, 0.2) is 12.1 Å². The lowest BCUT2D eigenvalue weighted by atomic mass is 10.3. The van der Waals surface area contributed by atoms with Gasteiger partial charge in [-0.05, 0) is 17.4 Å². The van der Waals surface area contributed by atoms with Crippen molar-refractivity contribution in [3.63, 3.8) is 0 Å². The van der Waals surface area contributed by atoms with Gasteiger partial charge < -0.3 is 10.1 Å². The molecule has 0 amide bonds. The van der Waals surface area contributed by atoms with Crippen molar-refractivity contribution < 1.29 is 14.8 Å². The van der Waals surface area contributed by atoms with Crippen LogP contribution in [0.3, 0.4) is 0 Å². The van der Waals surface area contributed by atoms with E-state index < -0.39 is 10.9 Å². The van der Waals surface area contributed by atoms with Gasteiger partial charge in [0.25, 0.3) is 0 Å². The van der Waals surface area contributed by atoms with Gasteiger partial charge in [0.1, 0.15) is 10.5 Å². The summed E-state index contributed by atoms with van der Waals surface area (Å²) in [6.45, 7) is 0. The zero-order chi connectivity index (χ0) is 10.3. The summed E-state index contributed by atoms with van der Waals surface area (Å²) in [7, 11) is 0. The van der Waals surface area contributed by atoms with Gasteiger partial charge in [-0.2, -0.15) is 0 Å².